The second-order valence-electron chi connectivity index (χ2n) is 0.336. The molecule has 0 spiro atoms. The Labute approximate surface area is 57.4 Å². The summed E-state index contributed by atoms with van der Waals surface area (Å²) in [6.07, 6.45) is 0. The average molecular weight is 179 g/mol. The summed E-state index contributed by atoms with van der Waals surface area (Å²) in [4.78, 5) is 8.57. The first-order valence-electron chi connectivity index (χ1n) is 1.06. The third kappa shape index (κ3) is 271. The number of rotatable bonds is 0. The Bertz CT molecular complexity index is 55.2. The van der Waals surface area contributed by atoms with E-state index in [1.54, 1.807) is 0 Å². The SMILES string of the molecule is C=C=O.ClP(Cl)Cl. The van der Waals surface area contributed by atoms with Crippen LogP contribution in [0.1, 0.15) is 0 Å². The highest BCUT2D eigenvalue weighted by atomic mass is 36.0. The molecular formula is C2H2Cl3OP. The van der Waals surface area contributed by atoms with Gasteiger partial charge < -0.3 is 0 Å². The maximum Gasteiger partial charge on any atom is 0.179 e. The van der Waals surface area contributed by atoms with Crippen LogP contribution in [-0.2, 0) is 4.79 Å². The van der Waals surface area contributed by atoms with Gasteiger partial charge in [0.25, 0.3) is 0 Å². The number of halogens is 3. The Kier molecular flexibility index (Phi) is 15.1. The maximum atomic E-state index is 8.57. The molecule has 5 heteroatoms. The van der Waals surface area contributed by atoms with E-state index in [0.717, 1.165) is 0 Å². The summed E-state index contributed by atoms with van der Waals surface area (Å²) in [5, 5.41) is 0. The quantitative estimate of drug-likeness (QED) is 0.413. The first-order chi connectivity index (χ1) is 3.15. The zero-order chi connectivity index (χ0) is 6.28. The zero-order valence-corrected chi connectivity index (χ0v) is 6.36. The second-order valence-corrected chi connectivity index (χ2v) is 5.32. The van der Waals surface area contributed by atoms with Crippen LogP contribution in [0.4, 0.5) is 0 Å². The molecule has 0 aromatic heterocycles. The Hall–Kier alpha value is 0.750. The van der Waals surface area contributed by atoms with Crippen LogP contribution < -0.4 is 0 Å². The van der Waals surface area contributed by atoms with Gasteiger partial charge in [-0.05, 0) is 6.58 Å². The lowest BCUT2D eigenvalue weighted by Gasteiger charge is -1.68. The fourth-order valence-corrected chi connectivity index (χ4v) is 0. The molecule has 0 fully saturated rings. The van der Waals surface area contributed by atoms with Gasteiger partial charge in [-0.1, -0.05) is 33.7 Å². The van der Waals surface area contributed by atoms with E-state index >= 15 is 0 Å². The van der Waals surface area contributed by atoms with Crippen molar-refractivity contribution in [1.29, 1.82) is 0 Å². The van der Waals surface area contributed by atoms with Gasteiger partial charge in [-0.2, -0.15) is 0 Å². The van der Waals surface area contributed by atoms with E-state index in [4.69, 9.17) is 38.5 Å². The molecule has 7 heavy (non-hydrogen) atoms. The molecule has 0 saturated heterocycles. The molecule has 0 aliphatic rings. The molecule has 0 unspecified atom stereocenters. The summed E-state index contributed by atoms with van der Waals surface area (Å²) < 4.78 is 0. The molecule has 0 atom stereocenters. The van der Waals surface area contributed by atoms with Gasteiger partial charge in [0.05, 0.1) is 0 Å². The predicted octanol–water partition coefficient (Wildman–Crippen LogP) is 2.93. The van der Waals surface area contributed by atoms with Crippen molar-refractivity contribution in [3.63, 3.8) is 0 Å². The van der Waals surface area contributed by atoms with Gasteiger partial charge in [0, 0.05) is 0 Å². The molecule has 0 amide bonds. The van der Waals surface area contributed by atoms with Crippen LogP contribution in [0, 0.1) is 0 Å². The first-order valence-corrected chi connectivity index (χ1v) is 5.12. The summed E-state index contributed by atoms with van der Waals surface area (Å²) in [7, 11) is 0. The van der Waals surface area contributed by atoms with Crippen molar-refractivity contribution in [1.82, 2.24) is 0 Å². The molecule has 0 aromatic carbocycles. The van der Waals surface area contributed by atoms with E-state index in [1.807, 2.05) is 0 Å². The van der Waals surface area contributed by atoms with Gasteiger partial charge in [-0.25, -0.2) is 4.79 Å². The highest BCUT2D eigenvalue weighted by Gasteiger charge is 1.80. The van der Waals surface area contributed by atoms with Crippen molar-refractivity contribution >= 4 is 45.6 Å². The van der Waals surface area contributed by atoms with Gasteiger partial charge in [-0.3, -0.25) is 0 Å². The summed E-state index contributed by atoms with van der Waals surface area (Å²) >= 11 is 14.6. The Balaban J connectivity index is 0. The van der Waals surface area contributed by atoms with E-state index < -0.39 is 5.98 Å². The van der Waals surface area contributed by atoms with Gasteiger partial charge >= 0.3 is 0 Å². The van der Waals surface area contributed by atoms with Crippen LogP contribution in [0.5, 0.6) is 0 Å². The standard InChI is InChI=1S/C2H2O.Cl3P/c1-2-3;1-4(2)3/h1H2;. The fraction of sp³-hybridized carbons (Fsp3) is 0. The third-order valence-electron chi connectivity index (χ3n) is 0. The van der Waals surface area contributed by atoms with Gasteiger partial charge in [0.2, 0.25) is 0 Å². The minimum Gasteiger partial charge on any atom is -0.234 e. The first kappa shape index (κ1) is 10.7. The maximum absolute atomic E-state index is 8.57. The molecule has 1 nitrogen and oxygen atoms in total. The molecule has 0 radical (unpaired) electrons. The zero-order valence-electron chi connectivity index (χ0n) is 3.20. The van der Waals surface area contributed by atoms with Crippen molar-refractivity contribution in [2.45, 2.75) is 0 Å². The summed E-state index contributed by atoms with van der Waals surface area (Å²) in [5.74, 6) is 0.0463. The normalized spacial score (nSPS) is 6.29. The predicted molar refractivity (Wildman–Crippen MR) is 35.8 cm³/mol. The fourth-order valence-electron chi connectivity index (χ4n) is 0. The summed E-state index contributed by atoms with van der Waals surface area (Å²) in [6.45, 7) is 2.68. The lowest BCUT2D eigenvalue weighted by atomic mass is 11.2. The van der Waals surface area contributed by atoms with E-state index in [9.17, 15) is 0 Å². The van der Waals surface area contributed by atoms with Gasteiger partial charge in [-0.15, -0.1) is 0 Å². The number of hydrogen-bond acceptors (Lipinski definition) is 1. The van der Waals surface area contributed by atoms with Crippen LogP contribution in [-0.4, -0.2) is 5.94 Å². The van der Waals surface area contributed by atoms with Crippen LogP contribution >= 0.6 is 39.7 Å². The summed E-state index contributed by atoms with van der Waals surface area (Å²) in [6, 6.07) is 0. The van der Waals surface area contributed by atoms with Crippen LogP contribution in [0.15, 0.2) is 6.58 Å². The van der Waals surface area contributed by atoms with Gasteiger partial charge in [0.15, 0.2) is 5.98 Å². The monoisotopic (exact) mass is 178 g/mol. The molecule has 0 bridgehead atoms. The van der Waals surface area contributed by atoms with E-state index in [0.29, 0.717) is 0 Å². The number of carbonyl (C=O) groups excluding carboxylic acids is 1. The topological polar surface area (TPSA) is 17.1 Å². The van der Waals surface area contributed by atoms with Crippen molar-refractivity contribution in [3.05, 3.63) is 6.58 Å². The third-order valence-corrected chi connectivity index (χ3v) is 0. The van der Waals surface area contributed by atoms with Gasteiger partial charge in [0.1, 0.15) is 5.94 Å². The Morgan fingerprint density at radius 1 is 1.43 bits per heavy atom. The lowest BCUT2D eigenvalue weighted by molar-refractivity contribution is 0.569. The average Bonchev–Trinajstić information content (AvgIpc) is 1.33. The van der Waals surface area contributed by atoms with Crippen LogP contribution in [0.25, 0.3) is 0 Å². The van der Waals surface area contributed by atoms with Crippen molar-refractivity contribution < 1.29 is 4.79 Å². The molecule has 0 heterocycles. The molecule has 0 N–H and O–H groups in total. The largest absolute Gasteiger partial charge is 0.234 e. The highest BCUT2D eigenvalue weighted by molar-refractivity contribution is 8.20. The smallest absolute Gasteiger partial charge is 0.179 e. The summed E-state index contributed by atoms with van der Waals surface area (Å²) in [5.41, 5.74) is 0. The lowest BCUT2D eigenvalue weighted by Crippen LogP contribution is -1.15. The molecular weight excluding hydrogens is 177 g/mol. The molecule has 42 valence electrons. The van der Waals surface area contributed by atoms with E-state index in [-0.39, 0.29) is 0 Å². The van der Waals surface area contributed by atoms with Crippen LogP contribution in [0.2, 0.25) is 0 Å². The van der Waals surface area contributed by atoms with Crippen LogP contribution in [0.3, 0.4) is 0 Å². The minimum atomic E-state index is -1.20. The molecule has 0 aliphatic heterocycles. The van der Waals surface area contributed by atoms with Crippen molar-refractivity contribution in [2.75, 3.05) is 0 Å². The molecule has 0 aliphatic carbocycles. The molecule has 0 aromatic rings. The second kappa shape index (κ2) is 9.89. The minimum absolute atomic E-state index is 1.20. The Morgan fingerprint density at radius 2 is 1.43 bits per heavy atom. The Morgan fingerprint density at radius 3 is 1.43 bits per heavy atom. The highest BCUT2D eigenvalue weighted by Crippen LogP contribution is 2.51. The van der Waals surface area contributed by atoms with Crippen molar-refractivity contribution in [2.24, 2.45) is 0 Å². The molecule has 0 saturated carbocycles. The number of hydrogen-bond donors (Lipinski definition) is 0. The molecule has 0 rings (SSSR count). The van der Waals surface area contributed by atoms with Crippen molar-refractivity contribution in [3.8, 4) is 0 Å². The van der Waals surface area contributed by atoms with E-state index in [2.05, 4.69) is 6.58 Å². The van der Waals surface area contributed by atoms with E-state index in [1.165, 1.54) is 5.94 Å².